The van der Waals surface area contributed by atoms with Crippen LogP contribution in [0, 0.1) is 11.7 Å². The number of hydrogen-bond donors (Lipinski definition) is 5. The first-order valence-electron chi connectivity index (χ1n) is 17.4. The first-order chi connectivity index (χ1) is 25.9. The highest BCUT2D eigenvalue weighted by Crippen LogP contribution is 2.35. The van der Waals surface area contributed by atoms with E-state index in [1.54, 1.807) is 23.1 Å². The summed E-state index contributed by atoms with van der Waals surface area (Å²) in [4.78, 5) is 59.5. The number of fused-ring (bicyclic) bond motifs is 1. The molecule has 0 bridgehead atoms. The maximum absolute atomic E-state index is 14.3. The van der Waals surface area contributed by atoms with E-state index in [-0.39, 0.29) is 52.2 Å². The van der Waals surface area contributed by atoms with Crippen LogP contribution in [0.3, 0.4) is 0 Å². The van der Waals surface area contributed by atoms with Gasteiger partial charge in [0.2, 0.25) is 27.8 Å². The highest BCUT2D eigenvalue weighted by atomic mass is 79.9. The Hall–Kier alpha value is -5.26. The third-order valence-corrected chi connectivity index (χ3v) is 12.2. The van der Waals surface area contributed by atoms with E-state index in [9.17, 15) is 32.0 Å². The summed E-state index contributed by atoms with van der Waals surface area (Å²) in [5.41, 5.74) is 8.25. The Labute approximate surface area is 318 Å². The first kappa shape index (κ1) is 37.1. The number of sulfonamides is 1. The van der Waals surface area contributed by atoms with Crippen molar-refractivity contribution < 1.29 is 32.0 Å². The molecular formula is C37H36BrFN8O6S. The second-order valence-electron chi connectivity index (χ2n) is 13.6. The van der Waals surface area contributed by atoms with Gasteiger partial charge in [-0.1, -0.05) is 18.2 Å². The Balaban J connectivity index is 0.935. The number of amides is 4. The topological polar surface area (TPSA) is 206 Å². The minimum absolute atomic E-state index is 0.101. The molecule has 3 heterocycles. The molecule has 0 radical (unpaired) electrons. The van der Waals surface area contributed by atoms with E-state index in [0.29, 0.717) is 47.4 Å². The van der Waals surface area contributed by atoms with Crippen molar-refractivity contribution in [2.75, 3.05) is 10.6 Å². The van der Waals surface area contributed by atoms with E-state index >= 15 is 0 Å². The van der Waals surface area contributed by atoms with Crippen molar-refractivity contribution in [2.45, 2.75) is 68.5 Å². The summed E-state index contributed by atoms with van der Waals surface area (Å²) < 4.78 is 44.2. The molecule has 3 aromatic carbocycles. The van der Waals surface area contributed by atoms with Crippen molar-refractivity contribution in [2.24, 2.45) is 11.7 Å². The lowest BCUT2D eigenvalue weighted by molar-refractivity contribution is -0.136. The molecule has 17 heteroatoms. The second-order valence-corrected chi connectivity index (χ2v) is 16.1. The number of imide groups is 1. The summed E-state index contributed by atoms with van der Waals surface area (Å²) in [6.07, 6.45) is 5.64. The Morgan fingerprint density at radius 2 is 1.72 bits per heavy atom. The highest BCUT2D eigenvalue weighted by molar-refractivity contribution is 9.10. The zero-order chi connectivity index (χ0) is 38.1. The Kier molecular flexibility index (Phi) is 10.5. The van der Waals surface area contributed by atoms with Gasteiger partial charge in [0, 0.05) is 36.5 Å². The number of primary amides is 1. The van der Waals surface area contributed by atoms with Crippen molar-refractivity contribution in [3.63, 3.8) is 0 Å². The molecule has 1 saturated carbocycles. The van der Waals surface area contributed by atoms with Gasteiger partial charge >= 0.3 is 0 Å². The van der Waals surface area contributed by atoms with Crippen molar-refractivity contribution >= 4 is 72.7 Å². The summed E-state index contributed by atoms with van der Waals surface area (Å²) in [6.45, 7) is 0.324. The largest absolute Gasteiger partial charge is 0.365 e. The number of piperidine rings is 1. The lowest BCUT2D eigenvalue weighted by Gasteiger charge is -2.30. The van der Waals surface area contributed by atoms with Crippen LogP contribution in [0.25, 0.3) is 0 Å². The molecule has 6 N–H and O–H groups in total. The van der Waals surface area contributed by atoms with Crippen molar-refractivity contribution in [1.82, 2.24) is 24.9 Å². The third-order valence-electron chi connectivity index (χ3n) is 10.0. The molecule has 1 aromatic heterocycles. The first-order valence-corrected chi connectivity index (χ1v) is 19.7. The molecule has 14 nitrogen and oxygen atoms in total. The van der Waals surface area contributed by atoms with Crippen LogP contribution in [-0.4, -0.2) is 59.0 Å². The number of nitrogens with two attached hydrogens (primary N) is 1. The van der Waals surface area contributed by atoms with E-state index in [1.807, 2.05) is 12.1 Å². The van der Waals surface area contributed by atoms with Crippen LogP contribution >= 0.6 is 15.9 Å². The summed E-state index contributed by atoms with van der Waals surface area (Å²) in [7, 11) is -3.82. The van der Waals surface area contributed by atoms with E-state index in [0.717, 1.165) is 36.5 Å². The molecule has 280 valence electrons. The molecule has 7 rings (SSSR count). The Bertz CT molecular complexity index is 2270. The number of anilines is 4. The molecule has 1 atom stereocenters. The van der Waals surface area contributed by atoms with Crippen LogP contribution in [0.4, 0.5) is 27.5 Å². The predicted octanol–water partition coefficient (Wildman–Crippen LogP) is 4.81. The number of nitrogens with zero attached hydrogens (tertiary/aromatic N) is 3. The van der Waals surface area contributed by atoms with Crippen LogP contribution in [0.2, 0.25) is 0 Å². The SMILES string of the molecule is NC(=O)c1c(F)cccc1Nc1nc(Nc2ccc(S(=O)(=O)NC3CCC(Cc4cccc5c4CN(C4CCC(=O)NC4=O)C5=O)CC3)cc2)ncc1Br. The van der Waals surface area contributed by atoms with Gasteiger partial charge in [-0.2, -0.15) is 4.98 Å². The summed E-state index contributed by atoms with van der Waals surface area (Å²) in [5, 5.41) is 8.25. The molecule has 54 heavy (non-hydrogen) atoms. The Morgan fingerprint density at radius 1 is 0.981 bits per heavy atom. The monoisotopic (exact) mass is 818 g/mol. The molecule has 2 aliphatic heterocycles. The smallest absolute Gasteiger partial charge is 0.255 e. The highest BCUT2D eigenvalue weighted by Gasteiger charge is 2.40. The van der Waals surface area contributed by atoms with Gasteiger partial charge in [0.1, 0.15) is 17.7 Å². The van der Waals surface area contributed by atoms with Gasteiger partial charge in [-0.15, -0.1) is 0 Å². The average molecular weight is 820 g/mol. The number of aromatic nitrogens is 2. The molecule has 4 amide bonds. The van der Waals surface area contributed by atoms with Gasteiger partial charge in [0.25, 0.3) is 11.8 Å². The maximum Gasteiger partial charge on any atom is 0.255 e. The zero-order valence-corrected chi connectivity index (χ0v) is 31.2. The minimum atomic E-state index is -3.82. The van der Waals surface area contributed by atoms with Crippen molar-refractivity contribution in [3.8, 4) is 0 Å². The van der Waals surface area contributed by atoms with Crippen LogP contribution < -0.4 is 26.4 Å². The van der Waals surface area contributed by atoms with E-state index < -0.39 is 33.7 Å². The van der Waals surface area contributed by atoms with Gasteiger partial charge in [-0.05, 0) is 114 Å². The normalized spacial score (nSPS) is 20.0. The van der Waals surface area contributed by atoms with Crippen molar-refractivity contribution in [1.29, 1.82) is 0 Å². The standard InChI is InChI=1S/C37H36BrFN8O6S/c38-27-18-41-37(45-34(27)43-29-6-2-5-28(39)32(29)33(40)49)42-22-11-13-24(14-12-22)54(52,53)46-23-9-7-20(8-10-23)17-21-3-1-4-25-26(21)19-47(36(25)51)30-15-16-31(48)44-35(30)50/h1-6,11-14,18,20,23,30,46H,7-10,15-17,19H2,(H2,40,49)(H,44,48,50)(H2,41,42,43,45). The fourth-order valence-corrected chi connectivity index (χ4v) is 8.89. The van der Waals surface area contributed by atoms with Gasteiger partial charge in [0.15, 0.2) is 0 Å². The fraction of sp³-hybridized carbons (Fsp3) is 0.297. The van der Waals surface area contributed by atoms with Crippen LogP contribution in [-0.2, 0) is 32.6 Å². The number of rotatable bonds is 11. The number of carbonyl (C=O) groups excluding carboxylic acids is 4. The number of benzene rings is 3. The number of halogens is 2. The fourth-order valence-electron chi connectivity index (χ4n) is 7.29. The molecule has 1 saturated heterocycles. The zero-order valence-electron chi connectivity index (χ0n) is 28.8. The lowest BCUT2D eigenvalue weighted by atomic mass is 9.81. The van der Waals surface area contributed by atoms with Crippen molar-refractivity contribution in [3.05, 3.63) is 99.4 Å². The quantitative estimate of drug-likeness (QED) is 0.131. The van der Waals surface area contributed by atoms with E-state index in [1.165, 1.54) is 30.5 Å². The van der Waals surface area contributed by atoms with Gasteiger partial charge in [-0.25, -0.2) is 22.5 Å². The minimum Gasteiger partial charge on any atom is -0.365 e. The maximum atomic E-state index is 14.3. The molecular weight excluding hydrogens is 783 g/mol. The summed E-state index contributed by atoms with van der Waals surface area (Å²) in [6, 6.07) is 14.9. The number of carbonyl (C=O) groups is 4. The lowest BCUT2D eigenvalue weighted by Crippen LogP contribution is -2.52. The molecule has 1 aliphatic carbocycles. The molecule has 1 unspecified atom stereocenters. The van der Waals surface area contributed by atoms with Gasteiger partial charge in [-0.3, -0.25) is 24.5 Å². The molecule has 0 spiro atoms. The number of nitrogens with one attached hydrogen (secondary N) is 4. The molecule has 3 aliphatic rings. The molecule has 4 aromatic rings. The third kappa shape index (κ3) is 7.83. The average Bonchev–Trinajstić information content (AvgIpc) is 3.47. The summed E-state index contributed by atoms with van der Waals surface area (Å²) in [5.74, 6) is -1.98. The van der Waals surface area contributed by atoms with Crippen LogP contribution in [0.15, 0.2) is 76.2 Å². The van der Waals surface area contributed by atoms with Crippen LogP contribution in [0.5, 0.6) is 0 Å². The summed E-state index contributed by atoms with van der Waals surface area (Å²) >= 11 is 3.34. The van der Waals surface area contributed by atoms with E-state index in [2.05, 4.69) is 46.6 Å². The molecule has 2 fully saturated rings. The second kappa shape index (κ2) is 15.2. The number of hydrogen-bond acceptors (Lipinski definition) is 10. The predicted molar refractivity (Wildman–Crippen MR) is 200 cm³/mol. The van der Waals surface area contributed by atoms with E-state index in [4.69, 9.17) is 5.73 Å². The van der Waals surface area contributed by atoms with Gasteiger partial charge < -0.3 is 21.3 Å². The van der Waals surface area contributed by atoms with Crippen LogP contribution in [0.1, 0.15) is 70.4 Å². The Morgan fingerprint density at radius 3 is 2.44 bits per heavy atom. The van der Waals surface area contributed by atoms with Gasteiger partial charge in [0.05, 0.1) is 20.6 Å².